The smallest absolute Gasteiger partial charge is 0.236 e. The average molecular weight is 226 g/mol. The molecule has 0 bridgehead atoms. The highest BCUT2D eigenvalue weighted by Crippen LogP contribution is 2.27. The molecular formula is C13H26N2O. The first-order valence-electron chi connectivity index (χ1n) is 6.51. The summed E-state index contributed by atoms with van der Waals surface area (Å²) in [6.45, 7) is 6.77. The van der Waals surface area contributed by atoms with Crippen LogP contribution in [0.25, 0.3) is 0 Å². The molecule has 1 atom stereocenters. The molecule has 0 saturated heterocycles. The minimum atomic E-state index is 0.194. The molecule has 0 heterocycles. The molecule has 3 heteroatoms. The third kappa shape index (κ3) is 3.78. The molecule has 1 N–H and O–H groups in total. The Morgan fingerprint density at radius 2 is 1.88 bits per heavy atom. The van der Waals surface area contributed by atoms with Crippen LogP contribution in [0.4, 0.5) is 0 Å². The van der Waals surface area contributed by atoms with Crippen LogP contribution in [0, 0.1) is 5.92 Å². The highest BCUT2D eigenvalue weighted by atomic mass is 16.2. The van der Waals surface area contributed by atoms with Crippen LogP contribution in [-0.2, 0) is 4.79 Å². The quantitative estimate of drug-likeness (QED) is 0.778. The summed E-state index contributed by atoms with van der Waals surface area (Å²) in [4.78, 5) is 13.6. The molecule has 1 aliphatic carbocycles. The van der Waals surface area contributed by atoms with Gasteiger partial charge >= 0.3 is 0 Å². The van der Waals surface area contributed by atoms with E-state index in [-0.39, 0.29) is 11.9 Å². The van der Waals surface area contributed by atoms with Crippen molar-refractivity contribution in [2.75, 3.05) is 13.6 Å². The molecular weight excluding hydrogens is 200 g/mol. The van der Waals surface area contributed by atoms with Crippen molar-refractivity contribution in [3.05, 3.63) is 0 Å². The van der Waals surface area contributed by atoms with Crippen LogP contribution in [0.3, 0.4) is 0 Å². The summed E-state index contributed by atoms with van der Waals surface area (Å²) in [6, 6.07) is 0.767. The Balaban J connectivity index is 2.25. The maximum Gasteiger partial charge on any atom is 0.236 e. The van der Waals surface area contributed by atoms with Crippen molar-refractivity contribution in [1.82, 2.24) is 10.2 Å². The van der Waals surface area contributed by atoms with Crippen molar-refractivity contribution in [3.8, 4) is 0 Å². The Morgan fingerprint density at radius 3 is 2.38 bits per heavy atom. The molecule has 0 aromatic heterocycles. The Bertz CT molecular complexity index is 222. The van der Waals surface area contributed by atoms with E-state index in [1.807, 2.05) is 20.9 Å². The predicted octanol–water partition coefficient (Wildman–Crippen LogP) is 2.02. The van der Waals surface area contributed by atoms with E-state index in [9.17, 15) is 4.79 Å². The van der Waals surface area contributed by atoms with Gasteiger partial charge in [-0.15, -0.1) is 0 Å². The molecule has 0 aromatic carbocycles. The van der Waals surface area contributed by atoms with Gasteiger partial charge in [-0.2, -0.15) is 0 Å². The Labute approximate surface area is 99.6 Å². The van der Waals surface area contributed by atoms with Crippen LogP contribution in [0.2, 0.25) is 0 Å². The molecule has 1 unspecified atom stereocenters. The van der Waals surface area contributed by atoms with Crippen molar-refractivity contribution < 1.29 is 4.79 Å². The predicted molar refractivity (Wildman–Crippen MR) is 67.3 cm³/mol. The monoisotopic (exact) mass is 226 g/mol. The normalized spacial score (nSPS) is 19.1. The zero-order valence-corrected chi connectivity index (χ0v) is 11.1. The van der Waals surface area contributed by atoms with Gasteiger partial charge < -0.3 is 10.2 Å². The van der Waals surface area contributed by atoms with Crippen molar-refractivity contribution in [3.63, 3.8) is 0 Å². The second-order valence-corrected chi connectivity index (χ2v) is 5.31. The van der Waals surface area contributed by atoms with E-state index in [1.54, 1.807) is 4.90 Å². The summed E-state index contributed by atoms with van der Waals surface area (Å²) in [7, 11) is 1.87. The van der Waals surface area contributed by atoms with E-state index >= 15 is 0 Å². The maximum absolute atomic E-state index is 11.8. The van der Waals surface area contributed by atoms with Gasteiger partial charge in [-0.3, -0.25) is 4.79 Å². The first-order chi connectivity index (χ1) is 7.52. The average Bonchev–Trinajstić information content (AvgIpc) is 2.77. The summed E-state index contributed by atoms with van der Waals surface area (Å²) in [5.74, 6) is 0.969. The van der Waals surface area contributed by atoms with E-state index in [2.05, 4.69) is 12.2 Å². The van der Waals surface area contributed by atoms with Gasteiger partial charge in [0.25, 0.3) is 0 Å². The lowest BCUT2D eigenvalue weighted by Gasteiger charge is -2.24. The number of nitrogens with one attached hydrogen (secondary N) is 1. The number of carbonyl (C=O) groups excluding carboxylic acids is 1. The summed E-state index contributed by atoms with van der Waals surface area (Å²) >= 11 is 0. The lowest BCUT2D eigenvalue weighted by Crippen LogP contribution is -2.43. The lowest BCUT2D eigenvalue weighted by atomic mass is 10.00. The molecule has 1 fully saturated rings. The molecule has 3 nitrogen and oxygen atoms in total. The SMILES string of the molecule is CC(NCC(=O)N(C)C(C)C)C1CCCC1. The van der Waals surface area contributed by atoms with Gasteiger partial charge in [0, 0.05) is 19.1 Å². The second kappa shape index (κ2) is 6.24. The molecule has 1 rings (SSSR count). The fraction of sp³-hybridized carbons (Fsp3) is 0.923. The fourth-order valence-electron chi connectivity index (χ4n) is 2.29. The summed E-state index contributed by atoms with van der Waals surface area (Å²) in [5, 5.41) is 3.37. The van der Waals surface area contributed by atoms with Gasteiger partial charge in [0.05, 0.1) is 6.54 Å². The Hall–Kier alpha value is -0.570. The highest BCUT2D eigenvalue weighted by Gasteiger charge is 2.22. The molecule has 1 aliphatic rings. The molecule has 0 spiro atoms. The van der Waals surface area contributed by atoms with Gasteiger partial charge in [0.2, 0.25) is 5.91 Å². The summed E-state index contributed by atoms with van der Waals surface area (Å²) in [6.07, 6.45) is 5.36. The van der Waals surface area contributed by atoms with E-state index in [0.717, 1.165) is 5.92 Å². The number of amides is 1. The molecule has 94 valence electrons. The summed E-state index contributed by atoms with van der Waals surface area (Å²) in [5.41, 5.74) is 0. The molecule has 1 saturated carbocycles. The topological polar surface area (TPSA) is 32.3 Å². The van der Waals surface area contributed by atoms with Crippen LogP contribution >= 0.6 is 0 Å². The van der Waals surface area contributed by atoms with Crippen molar-refractivity contribution >= 4 is 5.91 Å². The van der Waals surface area contributed by atoms with Crippen LogP contribution in [-0.4, -0.2) is 36.5 Å². The molecule has 0 aromatic rings. The largest absolute Gasteiger partial charge is 0.342 e. The van der Waals surface area contributed by atoms with Crippen LogP contribution in [0.1, 0.15) is 46.5 Å². The Kier molecular flexibility index (Phi) is 5.26. The molecule has 0 aliphatic heterocycles. The van der Waals surface area contributed by atoms with Crippen LogP contribution in [0.15, 0.2) is 0 Å². The first kappa shape index (κ1) is 13.5. The van der Waals surface area contributed by atoms with E-state index < -0.39 is 0 Å². The Morgan fingerprint density at radius 1 is 1.31 bits per heavy atom. The van der Waals surface area contributed by atoms with E-state index in [1.165, 1.54) is 25.7 Å². The lowest BCUT2D eigenvalue weighted by molar-refractivity contribution is -0.130. The number of rotatable bonds is 5. The van der Waals surface area contributed by atoms with Gasteiger partial charge in [-0.25, -0.2) is 0 Å². The molecule has 16 heavy (non-hydrogen) atoms. The van der Waals surface area contributed by atoms with E-state index in [0.29, 0.717) is 12.6 Å². The number of hydrogen-bond donors (Lipinski definition) is 1. The number of likely N-dealkylation sites (N-methyl/N-ethyl adjacent to an activating group) is 1. The van der Waals surface area contributed by atoms with Gasteiger partial charge in [-0.05, 0) is 39.5 Å². The summed E-state index contributed by atoms with van der Waals surface area (Å²) < 4.78 is 0. The van der Waals surface area contributed by atoms with Gasteiger partial charge in [0.15, 0.2) is 0 Å². The van der Waals surface area contributed by atoms with Crippen molar-refractivity contribution in [2.45, 2.75) is 58.5 Å². The van der Waals surface area contributed by atoms with Gasteiger partial charge in [0.1, 0.15) is 0 Å². The van der Waals surface area contributed by atoms with Gasteiger partial charge in [-0.1, -0.05) is 12.8 Å². The zero-order chi connectivity index (χ0) is 12.1. The molecule has 1 amide bonds. The number of hydrogen-bond acceptors (Lipinski definition) is 2. The molecule has 0 radical (unpaired) electrons. The standard InChI is InChI=1S/C13H26N2O/c1-10(2)15(4)13(16)9-14-11(3)12-7-5-6-8-12/h10-12,14H,5-9H2,1-4H3. The third-order valence-electron chi connectivity index (χ3n) is 3.85. The fourth-order valence-corrected chi connectivity index (χ4v) is 2.29. The van der Waals surface area contributed by atoms with Crippen molar-refractivity contribution in [1.29, 1.82) is 0 Å². The van der Waals surface area contributed by atoms with Crippen LogP contribution in [0.5, 0.6) is 0 Å². The minimum absolute atomic E-state index is 0.194. The van der Waals surface area contributed by atoms with Crippen molar-refractivity contribution in [2.24, 2.45) is 5.92 Å². The maximum atomic E-state index is 11.8. The zero-order valence-electron chi connectivity index (χ0n) is 11.1. The number of nitrogens with zero attached hydrogens (tertiary/aromatic N) is 1. The third-order valence-corrected chi connectivity index (χ3v) is 3.85. The first-order valence-corrected chi connectivity index (χ1v) is 6.51. The highest BCUT2D eigenvalue weighted by molar-refractivity contribution is 5.78. The minimum Gasteiger partial charge on any atom is -0.342 e. The van der Waals surface area contributed by atoms with Crippen LogP contribution < -0.4 is 5.32 Å². The second-order valence-electron chi connectivity index (χ2n) is 5.31. The van der Waals surface area contributed by atoms with E-state index in [4.69, 9.17) is 0 Å². The number of carbonyl (C=O) groups is 1.